The van der Waals surface area contributed by atoms with Gasteiger partial charge >= 0.3 is 0 Å². The van der Waals surface area contributed by atoms with Gasteiger partial charge in [-0.1, -0.05) is 29.8 Å². The number of rotatable bonds is 8. The topological polar surface area (TPSA) is 47.7 Å². The van der Waals surface area contributed by atoms with E-state index in [0.29, 0.717) is 6.54 Å². The zero-order valence-electron chi connectivity index (χ0n) is 12.4. The van der Waals surface area contributed by atoms with Crippen molar-refractivity contribution in [2.75, 3.05) is 27.8 Å². The maximum atomic E-state index is 5.86. The molecule has 0 saturated carbocycles. The van der Waals surface area contributed by atoms with Crippen molar-refractivity contribution in [3.63, 3.8) is 0 Å². The number of benzene rings is 1. The lowest BCUT2D eigenvalue weighted by Crippen LogP contribution is -2.40. The van der Waals surface area contributed by atoms with Crippen LogP contribution in [0.5, 0.6) is 0 Å². The second-order valence-electron chi connectivity index (χ2n) is 4.93. The van der Waals surface area contributed by atoms with Gasteiger partial charge in [-0.25, -0.2) is 0 Å². The van der Waals surface area contributed by atoms with Gasteiger partial charge in [0.1, 0.15) is 0 Å². The van der Waals surface area contributed by atoms with Crippen LogP contribution in [0.25, 0.3) is 0 Å². The summed E-state index contributed by atoms with van der Waals surface area (Å²) in [5.74, 6) is 0. The SMILES string of the molecule is COC(CC(CN)N(C)Cc1cccc(C)c1)OC. The molecule has 19 heavy (non-hydrogen) atoms. The largest absolute Gasteiger partial charge is 0.356 e. The predicted octanol–water partition coefficient (Wildman–Crippen LogP) is 1.76. The number of aryl methyl sites for hydroxylation is 1. The molecule has 1 rings (SSSR count). The summed E-state index contributed by atoms with van der Waals surface area (Å²) in [7, 11) is 5.40. The van der Waals surface area contributed by atoms with E-state index in [4.69, 9.17) is 15.2 Å². The molecule has 2 N–H and O–H groups in total. The summed E-state index contributed by atoms with van der Waals surface area (Å²) in [6, 6.07) is 8.78. The van der Waals surface area contributed by atoms with E-state index in [1.807, 2.05) is 0 Å². The monoisotopic (exact) mass is 266 g/mol. The molecule has 0 spiro atoms. The first-order chi connectivity index (χ1) is 9.10. The third-order valence-corrected chi connectivity index (χ3v) is 3.40. The Morgan fingerprint density at radius 1 is 1.26 bits per heavy atom. The molecular formula is C15H26N2O2. The molecule has 0 aliphatic heterocycles. The van der Waals surface area contributed by atoms with E-state index in [2.05, 4.69) is 43.1 Å². The molecule has 1 unspecified atom stereocenters. The van der Waals surface area contributed by atoms with Crippen LogP contribution in [0.1, 0.15) is 17.5 Å². The van der Waals surface area contributed by atoms with Crippen LogP contribution in [0.3, 0.4) is 0 Å². The molecule has 108 valence electrons. The second-order valence-corrected chi connectivity index (χ2v) is 4.93. The first-order valence-electron chi connectivity index (χ1n) is 6.62. The van der Waals surface area contributed by atoms with E-state index >= 15 is 0 Å². The minimum Gasteiger partial charge on any atom is -0.356 e. The van der Waals surface area contributed by atoms with Gasteiger partial charge in [0.2, 0.25) is 0 Å². The normalized spacial score (nSPS) is 13.2. The molecule has 4 nitrogen and oxygen atoms in total. The number of methoxy groups -OCH3 is 2. The van der Waals surface area contributed by atoms with Crippen LogP contribution < -0.4 is 5.73 Å². The Bertz CT molecular complexity index is 367. The first-order valence-corrected chi connectivity index (χ1v) is 6.62. The standard InChI is InChI=1S/C15H26N2O2/c1-12-6-5-7-13(8-12)11-17(2)14(10-16)9-15(18-3)19-4/h5-8,14-15H,9-11,16H2,1-4H3. The third-order valence-electron chi connectivity index (χ3n) is 3.40. The summed E-state index contributed by atoms with van der Waals surface area (Å²) >= 11 is 0. The number of hydrogen-bond donors (Lipinski definition) is 1. The number of ether oxygens (including phenoxy) is 2. The average Bonchev–Trinajstić information content (AvgIpc) is 2.40. The van der Waals surface area contributed by atoms with Gasteiger partial charge < -0.3 is 15.2 Å². The Morgan fingerprint density at radius 3 is 2.47 bits per heavy atom. The molecule has 0 saturated heterocycles. The van der Waals surface area contributed by atoms with E-state index in [9.17, 15) is 0 Å². The summed E-state index contributed by atoms with van der Waals surface area (Å²) < 4.78 is 10.5. The van der Waals surface area contributed by atoms with Crippen molar-refractivity contribution in [2.24, 2.45) is 5.73 Å². The van der Waals surface area contributed by atoms with Gasteiger partial charge in [-0.2, -0.15) is 0 Å². The number of likely N-dealkylation sites (N-methyl/N-ethyl adjacent to an activating group) is 1. The van der Waals surface area contributed by atoms with Crippen LogP contribution in [0.2, 0.25) is 0 Å². The summed E-state index contributed by atoms with van der Waals surface area (Å²) in [6.45, 7) is 3.57. The van der Waals surface area contributed by atoms with Crippen LogP contribution in [-0.2, 0) is 16.0 Å². The fourth-order valence-electron chi connectivity index (χ4n) is 2.19. The van der Waals surface area contributed by atoms with Crippen LogP contribution in [0.15, 0.2) is 24.3 Å². The van der Waals surface area contributed by atoms with Crippen molar-refractivity contribution >= 4 is 0 Å². The summed E-state index contributed by atoms with van der Waals surface area (Å²) in [5, 5.41) is 0. The zero-order chi connectivity index (χ0) is 14.3. The number of hydrogen-bond acceptors (Lipinski definition) is 4. The van der Waals surface area contributed by atoms with Crippen LogP contribution >= 0.6 is 0 Å². The maximum absolute atomic E-state index is 5.86. The molecule has 0 aliphatic carbocycles. The maximum Gasteiger partial charge on any atom is 0.158 e. The first kappa shape index (κ1) is 16.1. The number of nitrogens with two attached hydrogens (primary N) is 1. The Labute approximate surface area is 116 Å². The summed E-state index contributed by atoms with van der Waals surface area (Å²) in [5.41, 5.74) is 8.44. The van der Waals surface area contributed by atoms with E-state index in [1.54, 1.807) is 14.2 Å². The highest BCUT2D eigenvalue weighted by atomic mass is 16.7. The van der Waals surface area contributed by atoms with Crippen LogP contribution in [0, 0.1) is 6.92 Å². The zero-order valence-corrected chi connectivity index (χ0v) is 12.4. The fraction of sp³-hybridized carbons (Fsp3) is 0.600. The lowest BCUT2D eigenvalue weighted by atomic mass is 10.1. The van der Waals surface area contributed by atoms with Crippen molar-refractivity contribution in [2.45, 2.75) is 32.2 Å². The highest BCUT2D eigenvalue weighted by Gasteiger charge is 2.18. The van der Waals surface area contributed by atoms with Gasteiger partial charge in [0.05, 0.1) is 0 Å². The lowest BCUT2D eigenvalue weighted by Gasteiger charge is -2.29. The molecule has 0 amide bonds. The molecule has 4 heteroatoms. The minimum absolute atomic E-state index is 0.200. The van der Waals surface area contributed by atoms with Gasteiger partial charge in [-0.3, -0.25) is 4.90 Å². The van der Waals surface area contributed by atoms with E-state index < -0.39 is 0 Å². The molecule has 0 fully saturated rings. The Kier molecular flexibility index (Phi) is 7.02. The molecule has 0 aromatic heterocycles. The Morgan fingerprint density at radius 2 is 1.95 bits per heavy atom. The van der Waals surface area contributed by atoms with Gasteiger partial charge in [-0.15, -0.1) is 0 Å². The molecule has 0 radical (unpaired) electrons. The van der Waals surface area contributed by atoms with Crippen LogP contribution in [-0.4, -0.2) is 45.0 Å². The quantitative estimate of drug-likeness (QED) is 0.728. The fourth-order valence-corrected chi connectivity index (χ4v) is 2.19. The Hall–Kier alpha value is -0.940. The van der Waals surface area contributed by atoms with E-state index in [0.717, 1.165) is 13.0 Å². The second kappa shape index (κ2) is 8.27. The molecule has 1 aromatic rings. The molecule has 1 aromatic carbocycles. The van der Waals surface area contributed by atoms with Crippen molar-refractivity contribution in [1.29, 1.82) is 0 Å². The summed E-state index contributed by atoms with van der Waals surface area (Å²) in [6.07, 6.45) is 0.569. The third kappa shape index (κ3) is 5.28. The molecular weight excluding hydrogens is 240 g/mol. The molecule has 1 atom stereocenters. The van der Waals surface area contributed by atoms with Gasteiger partial charge in [0.25, 0.3) is 0 Å². The van der Waals surface area contributed by atoms with Crippen molar-refractivity contribution in [1.82, 2.24) is 4.90 Å². The number of nitrogens with zero attached hydrogens (tertiary/aromatic N) is 1. The molecule has 0 heterocycles. The molecule has 0 aliphatic rings. The smallest absolute Gasteiger partial charge is 0.158 e. The molecule has 0 bridgehead atoms. The van der Waals surface area contributed by atoms with Gasteiger partial charge in [-0.05, 0) is 19.5 Å². The predicted molar refractivity (Wildman–Crippen MR) is 77.9 cm³/mol. The van der Waals surface area contributed by atoms with E-state index in [1.165, 1.54) is 11.1 Å². The lowest BCUT2D eigenvalue weighted by molar-refractivity contribution is -0.116. The highest BCUT2D eigenvalue weighted by Crippen LogP contribution is 2.12. The van der Waals surface area contributed by atoms with E-state index in [-0.39, 0.29) is 12.3 Å². The average molecular weight is 266 g/mol. The van der Waals surface area contributed by atoms with Crippen molar-refractivity contribution in [3.05, 3.63) is 35.4 Å². The van der Waals surface area contributed by atoms with Gasteiger partial charge in [0, 0.05) is 39.8 Å². The summed E-state index contributed by atoms with van der Waals surface area (Å²) in [4.78, 5) is 2.25. The van der Waals surface area contributed by atoms with Crippen molar-refractivity contribution < 1.29 is 9.47 Å². The van der Waals surface area contributed by atoms with Gasteiger partial charge in [0.15, 0.2) is 6.29 Å². The Balaban J connectivity index is 2.60. The van der Waals surface area contributed by atoms with Crippen molar-refractivity contribution in [3.8, 4) is 0 Å². The van der Waals surface area contributed by atoms with Crippen LogP contribution in [0.4, 0.5) is 0 Å². The minimum atomic E-state index is -0.200. The highest BCUT2D eigenvalue weighted by molar-refractivity contribution is 5.22.